The zero-order chi connectivity index (χ0) is 29.4. The second-order valence-electron chi connectivity index (χ2n) is 10.5. The monoisotopic (exact) mass is 585 g/mol. The van der Waals surface area contributed by atoms with Gasteiger partial charge in [-0.2, -0.15) is 0 Å². The summed E-state index contributed by atoms with van der Waals surface area (Å²) >= 11 is 6.30. The third-order valence-electron chi connectivity index (χ3n) is 7.90. The van der Waals surface area contributed by atoms with E-state index in [0.29, 0.717) is 47.3 Å². The van der Waals surface area contributed by atoms with E-state index in [4.69, 9.17) is 16.3 Å². The molecule has 2 atom stereocenters. The van der Waals surface area contributed by atoms with Gasteiger partial charge in [-0.25, -0.2) is 14.6 Å². The molecule has 0 unspecified atom stereocenters. The highest BCUT2D eigenvalue weighted by Crippen LogP contribution is 2.44. The number of likely N-dealkylation sites (tertiary alicyclic amines) is 1. The Hall–Kier alpha value is -4.83. The number of halogens is 1. The second-order valence-corrected chi connectivity index (χ2v) is 11.0. The number of fused-ring (bicyclic) bond motifs is 2. The maximum absolute atomic E-state index is 14.2. The molecule has 42 heavy (non-hydrogen) atoms. The lowest BCUT2D eigenvalue weighted by atomic mass is 9.90. The fraction of sp³-hybridized carbons (Fsp3) is 0.226. The van der Waals surface area contributed by atoms with Gasteiger partial charge in [0.1, 0.15) is 11.7 Å². The molecule has 0 aliphatic carbocycles. The molecule has 0 radical (unpaired) electrons. The third kappa shape index (κ3) is 5.16. The smallest absolute Gasteiger partial charge is 0.412 e. The molecular formula is C31H28ClN5O5. The maximum atomic E-state index is 14.2. The Balaban J connectivity index is 1.29. The number of carbonyl (C=O) groups is 3. The zero-order valence-corrected chi connectivity index (χ0v) is 23.5. The number of carboxylic acid groups (broad SMARTS) is 1. The Morgan fingerprint density at radius 3 is 2.64 bits per heavy atom. The van der Waals surface area contributed by atoms with Crippen molar-refractivity contribution >= 4 is 41.1 Å². The molecule has 2 aliphatic rings. The van der Waals surface area contributed by atoms with Crippen molar-refractivity contribution in [2.45, 2.75) is 24.4 Å². The minimum absolute atomic E-state index is 0.131. The Morgan fingerprint density at radius 1 is 1.14 bits per heavy atom. The molecule has 3 heterocycles. The van der Waals surface area contributed by atoms with Crippen molar-refractivity contribution in [1.82, 2.24) is 14.9 Å². The van der Waals surface area contributed by atoms with Gasteiger partial charge < -0.3 is 19.7 Å². The van der Waals surface area contributed by atoms with Crippen molar-refractivity contribution < 1.29 is 24.2 Å². The van der Waals surface area contributed by atoms with Gasteiger partial charge >= 0.3 is 12.2 Å². The van der Waals surface area contributed by atoms with Crippen LogP contribution in [0, 0.1) is 0 Å². The molecule has 0 saturated carbocycles. The summed E-state index contributed by atoms with van der Waals surface area (Å²) in [4.78, 5) is 48.7. The molecule has 3 N–H and O–H groups in total. The van der Waals surface area contributed by atoms with Crippen molar-refractivity contribution in [1.29, 1.82) is 0 Å². The molecule has 4 aromatic rings. The predicted octanol–water partition coefficient (Wildman–Crippen LogP) is 5.86. The predicted molar refractivity (Wildman–Crippen MR) is 158 cm³/mol. The summed E-state index contributed by atoms with van der Waals surface area (Å²) < 4.78 is 5.84. The number of aromatic nitrogens is 2. The van der Waals surface area contributed by atoms with Crippen LogP contribution in [0.5, 0.6) is 0 Å². The normalized spacial score (nSPS) is 18.2. The van der Waals surface area contributed by atoms with Crippen LogP contribution in [0.4, 0.5) is 21.0 Å². The molecule has 1 spiro atoms. The van der Waals surface area contributed by atoms with Gasteiger partial charge in [0.2, 0.25) is 5.91 Å². The number of carbonyl (C=O) groups excluding carboxylic acids is 2. The fourth-order valence-electron chi connectivity index (χ4n) is 5.65. The number of nitrogens with one attached hydrogen (secondary N) is 2. The highest BCUT2D eigenvalue weighted by atomic mass is 35.5. The van der Waals surface area contributed by atoms with Crippen LogP contribution in [0.2, 0.25) is 5.02 Å². The fourth-order valence-corrected chi connectivity index (χ4v) is 5.82. The first-order valence-electron chi connectivity index (χ1n) is 13.5. The van der Waals surface area contributed by atoms with Gasteiger partial charge in [0.15, 0.2) is 5.60 Å². The number of hydrogen-bond donors (Lipinski definition) is 3. The lowest BCUT2D eigenvalue weighted by Crippen LogP contribution is -2.43. The number of hydrogen-bond acceptors (Lipinski definition) is 5. The van der Waals surface area contributed by atoms with Gasteiger partial charge in [-0.1, -0.05) is 54.1 Å². The molecule has 1 aromatic heterocycles. The number of benzene rings is 3. The molecule has 214 valence electrons. The van der Waals surface area contributed by atoms with E-state index >= 15 is 0 Å². The molecule has 1 saturated heterocycles. The number of H-pyrrole nitrogens is 1. The molecule has 0 bridgehead atoms. The summed E-state index contributed by atoms with van der Waals surface area (Å²) in [5.41, 5.74) is 3.41. The van der Waals surface area contributed by atoms with Crippen LogP contribution in [0.1, 0.15) is 29.3 Å². The lowest BCUT2D eigenvalue weighted by molar-refractivity contribution is -0.133. The standard InChI is InChI=1S/C31H28ClN5O5/c1-36(30(40)41)22-10-7-20(8-11-22)26-17-33-27(34-26)23(15-19-5-3-2-4-6-19)28(38)37-14-13-31(18-37)24-16-21(32)9-12-25(24)35-29(39)42-31/h2-12,16-17,23H,13-15,18H2,1H3,(H,33,34)(H,35,39)(H,40,41)/t23-,31-/m1/s1. The van der Waals surface area contributed by atoms with Crippen molar-refractivity contribution in [3.8, 4) is 11.3 Å². The first kappa shape index (κ1) is 27.3. The van der Waals surface area contributed by atoms with Crippen molar-refractivity contribution in [3.63, 3.8) is 0 Å². The van der Waals surface area contributed by atoms with Crippen molar-refractivity contribution in [2.24, 2.45) is 0 Å². The number of rotatable bonds is 6. The summed E-state index contributed by atoms with van der Waals surface area (Å²) in [5, 5.41) is 12.5. The topological polar surface area (TPSA) is 128 Å². The van der Waals surface area contributed by atoms with Gasteiger partial charge in [-0.15, -0.1) is 0 Å². The summed E-state index contributed by atoms with van der Waals surface area (Å²) in [6, 6.07) is 22.0. The van der Waals surface area contributed by atoms with E-state index in [1.807, 2.05) is 30.3 Å². The van der Waals surface area contributed by atoms with E-state index in [2.05, 4.69) is 15.3 Å². The summed E-state index contributed by atoms with van der Waals surface area (Å²) in [6.45, 7) is 0.597. The first-order chi connectivity index (χ1) is 20.2. The number of imidazole rings is 1. The third-order valence-corrected chi connectivity index (χ3v) is 8.13. The van der Waals surface area contributed by atoms with Gasteiger partial charge in [0.05, 0.1) is 24.1 Å². The summed E-state index contributed by atoms with van der Waals surface area (Å²) in [5.74, 6) is -0.240. The Kier molecular flexibility index (Phi) is 7.07. The molecule has 1 fully saturated rings. The average molecular weight is 586 g/mol. The van der Waals surface area contributed by atoms with Crippen LogP contribution in [0.3, 0.4) is 0 Å². The summed E-state index contributed by atoms with van der Waals surface area (Å²) in [6.07, 6.45) is 0.925. The Morgan fingerprint density at radius 2 is 1.90 bits per heavy atom. The number of anilines is 2. The molecule has 6 rings (SSSR count). The van der Waals surface area contributed by atoms with Crippen molar-refractivity contribution in [3.05, 3.63) is 101 Å². The molecular weight excluding hydrogens is 558 g/mol. The van der Waals surface area contributed by atoms with Crippen LogP contribution in [-0.4, -0.2) is 58.2 Å². The van der Waals surface area contributed by atoms with E-state index in [0.717, 1.165) is 21.6 Å². The second kappa shape index (κ2) is 10.9. The Labute approximate surface area is 246 Å². The molecule has 3 aromatic carbocycles. The van der Waals surface area contributed by atoms with E-state index in [9.17, 15) is 19.5 Å². The first-order valence-corrected chi connectivity index (χ1v) is 13.8. The van der Waals surface area contributed by atoms with E-state index in [-0.39, 0.29) is 12.5 Å². The highest BCUT2D eigenvalue weighted by molar-refractivity contribution is 6.30. The molecule has 2 aliphatic heterocycles. The van der Waals surface area contributed by atoms with Crippen LogP contribution in [-0.2, 0) is 21.6 Å². The van der Waals surface area contributed by atoms with Gasteiger partial charge in [0, 0.05) is 36.3 Å². The molecule has 10 nitrogen and oxygen atoms in total. The molecule has 3 amide bonds. The molecule has 11 heteroatoms. The SMILES string of the molecule is CN(C(=O)O)c1ccc(-c2cnc([C@@H](Cc3ccccc3)C(=O)N3CC[C@]4(C3)OC(=O)Nc3ccc(Cl)cc34)[nH]2)cc1. The van der Waals surface area contributed by atoms with E-state index in [1.165, 1.54) is 7.05 Å². The Bertz CT molecular complexity index is 1660. The van der Waals surface area contributed by atoms with Crippen LogP contribution in [0.25, 0.3) is 11.3 Å². The number of nitrogens with zero attached hydrogens (tertiary/aromatic N) is 3. The minimum Gasteiger partial charge on any atom is -0.465 e. The summed E-state index contributed by atoms with van der Waals surface area (Å²) in [7, 11) is 1.48. The van der Waals surface area contributed by atoms with Gasteiger partial charge in [-0.05, 0) is 47.9 Å². The van der Waals surface area contributed by atoms with Crippen molar-refractivity contribution in [2.75, 3.05) is 30.4 Å². The number of ether oxygens (including phenoxy) is 1. The van der Waals surface area contributed by atoms with E-state index < -0.39 is 23.7 Å². The number of amides is 3. The largest absolute Gasteiger partial charge is 0.465 e. The van der Waals surface area contributed by atoms with Gasteiger partial charge in [-0.3, -0.25) is 15.0 Å². The minimum atomic E-state index is -1.05. The van der Waals surface area contributed by atoms with E-state index in [1.54, 1.807) is 53.6 Å². The van der Waals surface area contributed by atoms with Crippen LogP contribution >= 0.6 is 11.6 Å². The maximum Gasteiger partial charge on any atom is 0.412 e. The quantitative estimate of drug-likeness (QED) is 0.260. The number of aromatic amines is 1. The van der Waals surface area contributed by atoms with Crippen LogP contribution < -0.4 is 10.2 Å². The average Bonchev–Trinajstić information content (AvgIpc) is 3.65. The van der Waals surface area contributed by atoms with Crippen LogP contribution in [0.15, 0.2) is 79.0 Å². The zero-order valence-electron chi connectivity index (χ0n) is 22.7. The van der Waals surface area contributed by atoms with Gasteiger partial charge in [0.25, 0.3) is 0 Å². The lowest BCUT2D eigenvalue weighted by Gasteiger charge is -2.35. The highest BCUT2D eigenvalue weighted by Gasteiger charge is 2.49.